The van der Waals surface area contributed by atoms with Gasteiger partial charge < -0.3 is 9.88 Å². The number of hydrogen-bond donors (Lipinski definition) is 3. The van der Waals surface area contributed by atoms with Crippen LogP contribution in [0.5, 0.6) is 0 Å². The normalized spacial score (nSPS) is 10.8. The number of rotatable bonds is 10. The summed E-state index contributed by atoms with van der Waals surface area (Å²) in [6.45, 7) is 4.54. The zero-order chi connectivity index (χ0) is 22.2. The Labute approximate surface area is 180 Å². The molecule has 31 heavy (non-hydrogen) atoms. The number of amides is 1. The van der Waals surface area contributed by atoms with Crippen molar-refractivity contribution in [2.45, 2.75) is 38.8 Å². The first kappa shape index (κ1) is 22.2. The van der Waals surface area contributed by atoms with Crippen molar-refractivity contribution >= 4 is 16.8 Å². The summed E-state index contributed by atoms with van der Waals surface area (Å²) in [5.74, 6) is -0.802. The van der Waals surface area contributed by atoms with Gasteiger partial charge in [-0.3, -0.25) is 20.3 Å². The van der Waals surface area contributed by atoms with Gasteiger partial charge in [0, 0.05) is 30.4 Å². The summed E-state index contributed by atoms with van der Waals surface area (Å²) in [5, 5.41) is 12.0. The first-order valence-corrected chi connectivity index (χ1v) is 10.2. The van der Waals surface area contributed by atoms with Crippen LogP contribution in [-0.4, -0.2) is 15.7 Å². The number of halogens is 1. The highest BCUT2D eigenvalue weighted by Crippen LogP contribution is 2.14. The number of aromatic nitrogens is 1. The Morgan fingerprint density at radius 3 is 2.55 bits per heavy atom. The molecule has 162 valence electrons. The van der Waals surface area contributed by atoms with E-state index in [1.807, 2.05) is 16.7 Å². The SMILES string of the molecule is C=C(CCCCCn1cc(C(=O)NCc2ccc(F)cc2)c(=O)c2ccccc21)NO. The number of pyridine rings is 1. The summed E-state index contributed by atoms with van der Waals surface area (Å²) in [4.78, 5) is 25.6. The maximum atomic E-state index is 13.1. The Morgan fingerprint density at radius 2 is 1.81 bits per heavy atom. The van der Waals surface area contributed by atoms with Crippen molar-refractivity contribution in [3.8, 4) is 0 Å². The smallest absolute Gasteiger partial charge is 0.257 e. The molecule has 0 aliphatic carbocycles. The number of carbonyl (C=O) groups is 1. The average molecular weight is 423 g/mol. The van der Waals surface area contributed by atoms with E-state index in [2.05, 4.69) is 17.4 Å². The van der Waals surface area contributed by atoms with Crippen LogP contribution in [0.25, 0.3) is 10.9 Å². The molecule has 1 amide bonds. The van der Waals surface area contributed by atoms with Gasteiger partial charge in [-0.15, -0.1) is 0 Å². The fraction of sp³-hybridized carbons (Fsp3) is 0.250. The lowest BCUT2D eigenvalue weighted by molar-refractivity contribution is 0.0949. The molecule has 2 aromatic carbocycles. The van der Waals surface area contributed by atoms with Crippen LogP contribution in [0.1, 0.15) is 41.6 Å². The molecular weight excluding hydrogens is 397 g/mol. The first-order valence-electron chi connectivity index (χ1n) is 10.2. The monoisotopic (exact) mass is 423 g/mol. The van der Waals surface area contributed by atoms with Gasteiger partial charge >= 0.3 is 0 Å². The van der Waals surface area contributed by atoms with Crippen LogP contribution in [-0.2, 0) is 13.1 Å². The molecule has 0 fully saturated rings. The summed E-state index contributed by atoms with van der Waals surface area (Å²) in [5.41, 5.74) is 3.93. The Morgan fingerprint density at radius 1 is 1.06 bits per heavy atom. The zero-order valence-electron chi connectivity index (χ0n) is 17.2. The molecule has 3 N–H and O–H groups in total. The van der Waals surface area contributed by atoms with E-state index in [-0.39, 0.29) is 23.4 Å². The highest BCUT2D eigenvalue weighted by molar-refractivity contribution is 5.97. The molecule has 0 saturated carbocycles. The molecule has 0 atom stereocenters. The highest BCUT2D eigenvalue weighted by Gasteiger charge is 2.15. The van der Waals surface area contributed by atoms with Gasteiger partial charge in [0.1, 0.15) is 11.4 Å². The van der Waals surface area contributed by atoms with Gasteiger partial charge in [0.15, 0.2) is 0 Å². The maximum absolute atomic E-state index is 13.1. The maximum Gasteiger partial charge on any atom is 0.257 e. The molecule has 3 aromatic rings. The van der Waals surface area contributed by atoms with Crippen molar-refractivity contribution in [2.75, 3.05) is 0 Å². The summed E-state index contributed by atoms with van der Waals surface area (Å²) in [7, 11) is 0. The van der Waals surface area contributed by atoms with E-state index in [1.165, 1.54) is 12.1 Å². The number of aryl methyl sites for hydroxylation is 1. The fourth-order valence-electron chi connectivity index (χ4n) is 3.42. The molecule has 7 heteroatoms. The number of hydroxylamine groups is 1. The first-order chi connectivity index (χ1) is 15.0. The number of nitrogens with one attached hydrogen (secondary N) is 2. The number of carbonyl (C=O) groups excluding carboxylic acids is 1. The lowest BCUT2D eigenvalue weighted by Crippen LogP contribution is -2.29. The molecule has 0 spiro atoms. The Hall–Kier alpha value is -3.45. The van der Waals surface area contributed by atoms with E-state index in [1.54, 1.807) is 30.5 Å². The number of benzene rings is 2. The molecule has 3 rings (SSSR count). The molecule has 0 radical (unpaired) electrons. The molecule has 6 nitrogen and oxygen atoms in total. The van der Waals surface area contributed by atoms with Gasteiger partial charge in [-0.2, -0.15) is 0 Å². The van der Waals surface area contributed by atoms with Gasteiger partial charge in [-0.05, 0) is 49.1 Å². The molecule has 0 aliphatic rings. The highest BCUT2D eigenvalue weighted by atomic mass is 19.1. The predicted octanol–water partition coefficient (Wildman–Crippen LogP) is 4.12. The second-order valence-corrected chi connectivity index (χ2v) is 7.42. The summed E-state index contributed by atoms with van der Waals surface area (Å²) in [6, 6.07) is 13.1. The minimum atomic E-state index is -0.459. The molecule has 0 saturated heterocycles. The number of unbranched alkanes of at least 4 members (excludes halogenated alkanes) is 2. The van der Waals surface area contributed by atoms with E-state index in [9.17, 15) is 14.0 Å². The van der Waals surface area contributed by atoms with Gasteiger partial charge in [-0.25, -0.2) is 4.39 Å². The number of para-hydroxylation sites is 1. The summed E-state index contributed by atoms with van der Waals surface area (Å²) >= 11 is 0. The average Bonchev–Trinajstić information content (AvgIpc) is 2.79. The van der Waals surface area contributed by atoms with Gasteiger partial charge in [0.25, 0.3) is 5.91 Å². The topological polar surface area (TPSA) is 83.4 Å². The van der Waals surface area contributed by atoms with Gasteiger partial charge in [-0.1, -0.05) is 37.3 Å². The van der Waals surface area contributed by atoms with E-state index in [0.29, 0.717) is 24.0 Å². The van der Waals surface area contributed by atoms with Crippen LogP contribution in [0.2, 0.25) is 0 Å². The number of nitrogens with zero attached hydrogens (tertiary/aromatic N) is 1. The van der Waals surface area contributed by atoms with Gasteiger partial charge in [0.2, 0.25) is 5.43 Å². The summed E-state index contributed by atoms with van der Waals surface area (Å²) in [6.07, 6.45) is 4.92. The Bertz CT molecular complexity index is 1120. The van der Waals surface area contributed by atoms with Crippen molar-refractivity contribution in [1.82, 2.24) is 15.4 Å². The molecule has 1 aromatic heterocycles. The second kappa shape index (κ2) is 10.5. The third kappa shape index (κ3) is 5.79. The minimum Gasteiger partial charge on any atom is -0.348 e. The lowest BCUT2D eigenvalue weighted by Gasteiger charge is -2.14. The molecule has 0 bridgehead atoms. The Kier molecular flexibility index (Phi) is 7.56. The van der Waals surface area contributed by atoms with Crippen LogP contribution in [0, 0.1) is 5.82 Å². The minimum absolute atomic E-state index is 0.0821. The third-order valence-electron chi connectivity index (χ3n) is 5.13. The second-order valence-electron chi connectivity index (χ2n) is 7.42. The van der Waals surface area contributed by atoms with E-state index >= 15 is 0 Å². The van der Waals surface area contributed by atoms with Crippen molar-refractivity contribution in [3.63, 3.8) is 0 Å². The molecule has 1 heterocycles. The van der Waals surface area contributed by atoms with Crippen LogP contribution >= 0.6 is 0 Å². The molecule has 0 unspecified atom stereocenters. The van der Waals surface area contributed by atoms with E-state index < -0.39 is 5.91 Å². The summed E-state index contributed by atoms with van der Waals surface area (Å²) < 4.78 is 15.0. The van der Waals surface area contributed by atoms with Crippen LogP contribution in [0.4, 0.5) is 4.39 Å². The van der Waals surface area contributed by atoms with Gasteiger partial charge in [0.05, 0.1) is 5.52 Å². The van der Waals surface area contributed by atoms with E-state index in [4.69, 9.17) is 5.21 Å². The third-order valence-corrected chi connectivity index (χ3v) is 5.13. The fourth-order valence-corrected chi connectivity index (χ4v) is 3.42. The van der Waals surface area contributed by atoms with Crippen LogP contribution in [0.15, 0.2) is 71.8 Å². The van der Waals surface area contributed by atoms with Crippen LogP contribution in [0.3, 0.4) is 0 Å². The molecule has 0 aliphatic heterocycles. The molecular formula is C24H26FN3O3. The van der Waals surface area contributed by atoms with Crippen molar-refractivity contribution in [3.05, 3.63) is 94.2 Å². The number of hydrogen-bond acceptors (Lipinski definition) is 4. The van der Waals surface area contributed by atoms with E-state index in [0.717, 1.165) is 30.3 Å². The predicted molar refractivity (Wildman–Crippen MR) is 118 cm³/mol. The van der Waals surface area contributed by atoms with Crippen LogP contribution < -0.4 is 16.2 Å². The standard InChI is InChI=1S/C24H26FN3O3/c1-17(27-31)7-3-2-6-14-28-16-21(23(29)20-8-4-5-9-22(20)28)24(30)26-15-18-10-12-19(25)13-11-18/h4-5,8-13,16,27,31H,1-3,6-7,14-15H2,(H,26,30). The number of allylic oxidation sites excluding steroid dienone is 1. The quantitative estimate of drug-likeness (QED) is 0.338. The zero-order valence-corrected chi connectivity index (χ0v) is 17.2. The number of fused-ring (bicyclic) bond motifs is 1. The van der Waals surface area contributed by atoms with Crippen molar-refractivity contribution in [2.24, 2.45) is 0 Å². The lowest BCUT2D eigenvalue weighted by atomic mass is 10.1. The van der Waals surface area contributed by atoms with Crippen molar-refractivity contribution < 1.29 is 14.4 Å². The largest absolute Gasteiger partial charge is 0.348 e. The van der Waals surface area contributed by atoms with Crippen molar-refractivity contribution in [1.29, 1.82) is 0 Å². The Balaban J connectivity index is 1.75.